The summed E-state index contributed by atoms with van der Waals surface area (Å²) in [6, 6.07) is 0. The van der Waals surface area contributed by atoms with E-state index in [9.17, 15) is 0 Å². The van der Waals surface area contributed by atoms with E-state index in [0.29, 0.717) is 5.41 Å². The van der Waals surface area contributed by atoms with Crippen LogP contribution in [0.25, 0.3) is 0 Å². The van der Waals surface area contributed by atoms with E-state index in [0.717, 1.165) is 30.3 Å². The van der Waals surface area contributed by atoms with Crippen LogP contribution in [0.5, 0.6) is 0 Å². The van der Waals surface area contributed by atoms with Gasteiger partial charge in [0.2, 0.25) is 0 Å². The predicted molar refractivity (Wildman–Crippen MR) is 115 cm³/mol. The van der Waals surface area contributed by atoms with E-state index in [2.05, 4.69) is 66.5 Å². The van der Waals surface area contributed by atoms with Gasteiger partial charge in [-0.15, -0.1) is 0 Å². The van der Waals surface area contributed by atoms with Crippen LogP contribution < -0.4 is 0 Å². The van der Waals surface area contributed by atoms with E-state index >= 15 is 0 Å². The Hall–Kier alpha value is -1.30. The summed E-state index contributed by atoms with van der Waals surface area (Å²) in [6.07, 6.45) is 15.1. The summed E-state index contributed by atoms with van der Waals surface area (Å²) in [6.45, 7) is 23.1. The lowest BCUT2D eigenvalue weighted by molar-refractivity contribution is 0.00384. The maximum Gasteiger partial charge on any atom is -0.0167 e. The average Bonchev–Trinajstić information content (AvgIpc) is 2.57. The minimum atomic E-state index is 0.568. The molecule has 2 atom stereocenters. The zero-order valence-electron chi connectivity index (χ0n) is 17.5. The maximum absolute atomic E-state index is 4.30. The van der Waals surface area contributed by atoms with Gasteiger partial charge in [0.25, 0.3) is 0 Å². The summed E-state index contributed by atoms with van der Waals surface area (Å²) in [4.78, 5) is 0. The van der Waals surface area contributed by atoms with Crippen LogP contribution in [0, 0.1) is 17.3 Å². The van der Waals surface area contributed by atoms with Crippen LogP contribution in [-0.4, -0.2) is 0 Å². The van der Waals surface area contributed by atoms with E-state index in [1.807, 2.05) is 6.08 Å². The van der Waals surface area contributed by atoms with Crippen molar-refractivity contribution < 1.29 is 0 Å². The monoisotopic (exact) mass is 340 g/mol. The van der Waals surface area contributed by atoms with Gasteiger partial charge in [-0.2, -0.15) is 0 Å². The number of allylic oxidation sites excluding steroid dienone is 7. The van der Waals surface area contributed by atoms with Crippen molar-refractivity contribution in [3.63, 3.8) is 0 Å². The molecule has 0 spiro atoms. The number of rotatable bonds is 4. The molecule has 2 aliphatic rings. The largest absolute Gasteiger partial charge is 0.0996 e. The summed E-state index contributed by atoms with van der Waals surface area (Å²) < 4.78 is 0. The van der Waals surface area contributed by atoms with Crippen molar-refractivity contribution in [1.82, 2.24) is 0 Å². The molecule has 140 valence electrons. The smallest absolute Gasteiger partial charge is 0.0167 e. The lowest BCUT2D eigenvalue weighted by Gasteiger charge is -2.53. The van der Waals surface area contributed by atoms with Crippen LogP contribution >= 0.6 is 0 Å². The molecule has 0 aromatic rings. The third-order valence-corrected chi connectivity index (χ3v) is 5.87. The molecule has 0 unspecified atom stereocenters. The average molecular weight is 341 g/mol. The Labute approximate surface area is 157 Å². The Morgan fingerprint density at radius 1 is 1.28 bits per heavy atom. The van der Waals surface area contributed by atoms with Crippen LogP contribution in [-0.2, 0) is 0 Å². The molecule has 2 rings (SSSR count). The predicted octanol–water partition coefficient (Wildman–Crippen LogP) is 8.20. The fourth-order valence-corrected chi connectivity index (χ4v) is 4.09. The lowest BCUT2D eigenvalue weighted by Crippen LogP contribution is -2.44. The minimum Gasteiger partial charge on any atom is -0.0996 e. The van der Waals surface area contributed by atoms with Crippen molar-refractivity contribution >= 4 is 0 Å². The summed E-state index contributed by atoms with van der Waals surface area (Å²) >= 11 is 0. The molecule has 0 aliphatic heterocycles. The fraction of sp³-hybridized carbons (Fsp3) is 0.600. The molecule has 0 bridgehead atoms. The number of fused-ring (bicyclic) bond motifs is 1. The van der Waals surface area contributed by atoms with Gasteiger partial charge in [0.15, 0.2) is 0 Å². The fourth-order valence-electron chi connectivity index (χ4n) is 4.09. The van der Waals surface area contributed by atoms with Crippen molar-refractivity contribution in [2.24, 2.45) is 17.3 Å². The molecule has 0 radical (unpaired) electrons. The van der Waals surface area contributed by atoms with Gasteiger partial charge in [-0.1, -0.05) is 74.1 Å². The summed E-state index contributed by atoms with van der Waals surface area (Å²) in [5.74, 6) is 1.73. The van der Waals surface area contributed by atoms with Gasteiger partial charge in [0, 0.05) is 0 Å². The summed E-state index contributed by atoms with van der Waals surface area (Å²) in [5, 5.41) is 0. The SMILES string of the molecule is C=C1CC/C=C(\C)CC[C@@H]2[C@@H]1CC2(C)C.C=CC(=C)CCC=C(C)C. The Balaban J connectivity index is 0.000000275. The Bertz CT molecular complexity index is 534. The molecule has 0 aromatic heterocycles. The van der Waals surface area contributed by atoms with Gasteiger partial charge >= 0.3 is 0 Å². The third-order valence-electron chi connectivity index (χ3n) is 5.87. The molecule has 0 heteroatoms. The van der Waals surface area contributed by atoms with Gasteiger partial charge in [-0.05, 0) is 83.0 Å². The van der Waals surface area contributed by atoms with E-state index in [4.69, 9.17) is 0 Å². The van der Waals surface area contributed by atoms with Crippen molar-refractivity contribution in [3.8, 4) is 0 Å². The number of hydrogen-bond acceptors (Lipinski definition) is 0. The molecule has 2 aliphatic carbocycles. The zero-order chi connectivity index (χ0) is 19.0. The highest BCUT2D eigenvalue weighted by Crippen LogP contribution is 2.56. The normalized spacial score (nSPS) is 26.8. The van der Waals surface area contributed by atoms with E-state index in [1.54, 1.807) is 5.57 Å². The summed E-state index contributed by atoms with van der Waals surface area (Å²) in [7, 11) is 0. The number of hydrogen-bond donors (Lipinski definition) is 0. The molecule has 1 fully saturated rings. The van der Waals surface area contributed by atoms with E-state index < -0.39 is 0 Å². The van der Waals surface area contributed by atoms with Crippen molar-refractivity contribution in [1.29, 1.82) is 0 Å². The standard InChI is InChI=1S/C15H24.C10H16/c1-11-6-5-7-12(2)13-10-15(3,4)14(13)9-8-11;1-5-10(4)8-6-7-9(2)3/h6,13-14H,2,5,7-10H2,1,3-4H3;5,7H,1,4,6,8H2,2-3H3/b11-6+;/t13-,14-;/m1./s1. The lowest BCUT2D eigenvalue weighted by atomic mass is 9.52. The van der Waals surface area contributed by atoms with Crippen LogP contribution in [0.15, 0.2) is 60.3 Å². The Morgan fingerprint density at radius 2 is 1.96 bits per heavy atom. The van der Waals surface area contributed by atoms with Crippen molar-refractivity contribution in [3.05, 3.63) is 60.3 Å². The molecular weight excluding hydrogens is 300 g/mol. The van der Waals surface area contributed by atoms with Crippen LogP contribution in [0.1, 0.15) is 79.6 Å². The van der Waals surface area contributed by atoms with Gasteiger partial charge in [0.05, 0.1) is 0 Å². The van der Waals surface area contributed by atoms with Gasteiger partial charge in [-0.25, -0.2) is 0 Å². The molecule has 0 N–H and O–H groups in total. The second-order valence-electron chi connectivity index (χ2n) is 8.87. The van der Waals surface area contributed by atoms with Gasteiger partial charge in [0.1, 0.15) is 0 Å². The topological polar surface area (TPSA) is 0 Å². The zero-order valence-corrected chi connectivity index (χ0v) is 17.5. The minimum absolute atomic E-state index is 0.568. The Kier molecular flexibility index (Phi) is 8.69. The second kappa shape index (κ2) is 10.00. The van der Waals surface area contributed by atoms with E-state index in [1.165, 1.54) is 43.3 Å². The van der Waals surface area contributed by atoms with E-state index in [-0.39, 0.29) is 0 Å². The van der Waals surface area contributed by atoms with Crippen LogP contribution in [0.3, 0.4) is 0 Å². The van der Waals surface area contributed by atoms with Crippen LogP contribution in [0.2, 0.25) is 0 Å². The molecule has 25 heavy (non-hydrogen) atoms. The molecule has 0 amide bonds. The highest BCUT2D eigenvalue weighted by molar-refractivity contribution is 5.16. The van der Waals surface area contributed by atoms with Crippen LogP contribution in [0.4, 0.5) is 0 Å². The quantitative estimate of drug-likeness (QED) is 0.357. The summed E-state index contributed by atoms with van der Waals surface area (Å²) in [5.41, 5.74) is 6.17. The first kappa shape index (κ1) is 21.7. The molecule has 0 saturated heterocycles. The highest BCUT2D eigenvalue weighted by Gasteiger charge is 2.47. The first-order valence-electron chi connectivity index (χ1n) is 9.94. The molecule has 0 nitrogen and oxygen atoms in total. The molecular formula is C25H40. The first-order valence-corrected chi connectivity index (χ1v) is 9.94. The van der Waals surface area contributed by atoms with Crippen molar-refractivity contribution in [2.45, 2.75) is 79.6 Å². The maximum atomic E-state index is 4.30. The van der Waals surface area contributed by atoms with Crippen molar-refractivity contribution in [2.75, 3.05) is 0 Å². The molecule has 0 aromatic carbocycles. The first-order chi connectivity index (χ1) is 11.7. The molecule has 0 heterocycles. The molecule has 1 saturated carbocycles. The van der Waals surface area contributed by atoms with Gasteiger partial charge < -0.3 is 0 Å². The third kappa shape index (κ3) is 7.22. The van der Waals surface area contributed by atoms with Gasteiger partial charge in [-0.3, -0.25) is 0 Å². The Morgan fingerprint density at radius 3 is 2.52 bits per heavy atom. The second-order valence-corrected chi connectivity index (χ2v) is 8.87. The highest BCUT2D eigenvalue weighted by atomic mass is 14.5.